The van der Waals surface area contributed by atoms with Crippen LogP contribution in [0.4, 0.5) is 0 Å². The molecule has 6 nitrogen and oxygen atoms in total. The summed E-state index contributed by atoms with van der Waals surface area (Å²) in [5.74, 6) is 2.80. The molecule has 2 atom stereocenters. The van der Waals surface area contributed by atoms with Gasteiger partial charge in [-0.15, -0.1) is 0 Å². The van der Waals surface area contributed by atoms with Crippen molar-refractivity contribution in [2.45, 2.75) is 31.3 Å². The van der Waals surface area contributed by atoms with Crippen LogP contribution in [0.3, 0.4) is 0 Å². The van der Waals surface area contributed by atoms with Crippen LogP contribution < -0.4 is 0 Å². The molecule has 0 radical (unpaired) electrons. The fourth-order valence-corrected chi connectivity index (χ4v) is 3.11. The van der Waals surface area contributed by atoms with E-state index in [1.807, 2.05) is 6.07 Å². The smallest absolute Gasteiger partial charge is 0.230 e. The minimum Gasteiger partial charge on any atom is -0.377 e. The van der Waals surface area contributed by atoms with Gasteiger partial charge in [-0.05, 0) is 30.0 Å². The summed E-state index contributed by atoms with van der Waals surface area (Å²) in [6.07, 6.45) is 1.54. The van der Waals surface area contributed by atoms with Crippen molar-refractivity contribution in [1.29, 1.82) is 0 Å². The number of hydrogen-bond acceptors (Lipinski definition) is 6. The van der Waals surface area contributed by atoms with E-state index in [1.165, 1.54) is 5.56 Å². The monoisotopic (exact) mass is 389 g/mol. The van der Waals surface area contributed by atoms with Crippen LogP contribution in [0.1, 0.15) is 47.0 Å². The Kier molecular flexibility index (Phi) is 4.20. The van der Waals surface area contributed by atoms with E-state index in [1.54, 1.807) is 7.11 Å². The maximum absolute atomic E-state index is 5.44. The lowest BCUT2D eigenvalue weighted by Gasteiger charge is -1.98. The molecule has 1 saturated carbocycles. The van der Waals surface area contributed by atoms with E-state index in [9.17, 15) is 0 Å². The second kappa shape index (κ2) is 6.49. The molecule has 2 aromatic heterocycles. The summed E-state index contributed by atoms with van der Waals surface area (Å²) in [5.41, 5.74) is 2.08. The molecule has 0 amide bonds. The highest BCUT2D eigenvalue weighted by Crippen LogP contribution is 2.54. The van der Waals surface area contributed by atoms with Gasteiger partial charge in [0.15, 0.2) is 11.6 Å². The Morgan fingerprint density at radius 1 is 1.17 bits per heavy atom. The predicted molar refractivity (Wildman–Crippen MR) is 88.6 cm³/mol. The molecule has 0 aliphatic heterocycles. The van der Waals surface area contributed by atoms with Crippen molar-refractivity contribution >= 4 is 15.9 Å². The van der Waals surface area contributed by atoms with Crippen molar-refractivity contribution in [3.63, 3.8) is 0 Å². The zero-order valence-corrected chi connectivity index (χ0v) is 14.7. The maximum Gasteiger partial charge on any atom is 0.230 e. The van der Waals surface area contributed by atoms with Gasteiger partial charge in [-0.3, -0.25) is 0 Å². The molecule has 124 valence electrons. The molecule has 24 heavy (non-hydrogen) atoms. The Morgan fingerprint density at radius 3 is 2.79 bits per heavy atom. The van der Waals surface area contributed by atoms with E-state index in [2.05, 4.69) is 55.5 Å². The largest absolute Gasteiger partial charge is 0.377 e. The third kappa shape index (κ3) is 3.27. The summed E-state index contributed by atoms with van der Waals surface area (Å²) in [5, 5.41) is 8.05. The average Bonchev–Trinajstić information content (AvgIpc) is 3.02. The van der Waals surface area contributed by atoms with Gasteiger partial charge in [0.05, 0.1) is 12.1 Å². The Morgan fingerprint density at radius 2 is 2.00 bits per heavy atom. The van der Waals surface area contributed by atoms with Gasteiger partial charge >= 0.3 is 0 Å². The van der Waals surface area contributed by atoms with Crippen molar-refractivity contribution in [1.82, 2.24) is 15.3 Å². The molecule has 4 rings (SSSR count). The molecule has 1 aliphatic carbocycles. The summed E-state index contributed by atoms with van der Waals surface area (Å²) in [7, 11) is 1.62. The molecule has 0 bridgehead atoms. The number of aromatic nitrogens is 3. The van der Waals surface area contributed by atoms with E-state index in [4.69, 9.17) is 13.8 Å². The van der Waals surface area contributed by atoms with Crippen molar-refractivity contribution < 1.29 is 13.8 Å². The Labute approximate surface area is 147 Å². The number of benzene rings is 1. The maximum atomic E-state index is 5.44. The first-order valence-corrected chi connectivity index (χ1v) is 8.53. The van der Waals surface area contributed by atoms with Crippen LogP contribution in [0, 0.1) is 0 Å². The summed E-state index contributed by atoms with van der Waals surface area (Å²) in [4.78, 5) is 4.52. The SMILES string of the molecule is COCc1cc(Cc2noc([C@@H]3C[C@H]3c3ccc(Br)cc3)n2)no1. The third-order valence-corrected chi connectivity index (χ3v) is 4.65. The number of nitrogens with zero attached hydrogens (tertiary/aromatic N) is 3. The molecule has 1 fully saturated rings. The minimum atomic E-state index is 0.314. The van der Waals surface area contributed by atoms with Gasteiger partial charge in [-0.25, -0.2) is 0 Å². The zero-order chi connectivity index (χ0) is 16.5. The van der Waals surface area contributed by atoms with Gasteiger partial charge < -0.3 is 13.8 Å². The van der Waals surface area contributed by atoms with Gasteiger partial charge in [0.1, 0.15) is 6.61 Å². The van der Waals surface area contributed by atoms with E-state index in [-0.39, 0.29) is 0 Å². The number of hydrogen-bond donors (Lipinski definition) is 0. The summed E-state index contributed by atoms with van der Waals surface area (Å²) in [6.45, 7) is 0.404. The van der Waals surface area contributed by atoms with Crippen LogP contribution in [-0.2, 0) is 17.8 Å². The van der Waals surface area contributed by atoms with E-state index in [0.717, 1.165) is 16.6 Å². The molecule has 1 aromatic carbocycles. The quantitative estimate of drug-likeness (QED) is 0.637. The topological polar surface area (TPSA) is 74.2 Å². The highest BCUT2D eigenvalue weighted by Gasteiger charge is 2.43. The lowest BCUT2D eigenvalue weighted by molar-refractivity contribution is 0.156. The fraction of sp³-hybridized carbons (Fsp3) is 0.353. The third-order valence-electron chi connectivity index (χ3n) is 4.12. The Balaban J connectivity index is 1.41. The molecule has 3 aromatic rings. The van der Waals surface area contributed by atoms with Crippen LogP contribution in [0.25, 0.3) is 0 Å². The molecular formula is C17H16BrN3O3. The van der Waals surface area contributed by atoms with Gasteiger partial charge in [-0.2, -0.15) is 4.98 Å². The highest BCUT2D eigenvalue weighted by molar-refractivity contribution is 9.10. The van der Waals surface area contributed by atoms with Crippen LogP contribution >= 0.6 is 15.9 Å². The van der Waals surface area contributed by atoms with E-state index >= 15 is 0 Å². The second-order valence-corrected chi connectivity index (χ2v) is 6.86. The molecule has 0 N–H and O–H groups in total. The lowest BCUT2D eigenvalue weighted by Crippen LogP contribution is -1.91. The number of ether oxygens (including phenoxy) is 1. The van der Waals surface area contributed by atoms with Crippen LogP contribution in [0.5, 0.6) is 0 Å². The summed E-state index contributed by atoms with van der Waals surface area (Å²) >= 11 is 3.46. The first-order valence-electron chi connectivity index (χ1n) is 7.74. The molecule has 0 spiro atoms. The Hall–Kier alpha value is -1.99. The highest BCUT2D eigenvalue weighted by atomic mass is 79.9. The van der Waals surface area contributed by atoms with Gasteiger partial charge in [-0.1, -0.05) is 38.4 Å². The van der Waals surface area contributed by atoms with Crippen molar-refractivity contribution in [3.05, 3.63) is 63.5 Å². The molecule has 0 saturated heterocycles. The predicted octanol–water partition coefficient (Wildman–Crippen LogP) is 3.83. The van der Waals surface area contributed by atoms with Crippen LogP contribution in [0.2, 0.25) is 0 Å². The van der Waals surface area contributed by atoms with Crippen molar-refractivity contribution in [3.8, 4) is 0 Å². The summed E-state index contributed by atoms with van der Waals surface area (Å²) < 4.78 is 16.7. The van der Waals surface area contributed by atoms with Gasteiger partial charge in [0, 0.05) is 23.6 Å². The summed E-state index contributed by atoms with van der Waals surface area (Å²) in [6, 6.07) is 10.2. The second-order valence-electron chi connectivity index (χ2n) is 5.94. The minimum absolute atomic E-state index is 0.314. The van der Waals surface area contributed by atoms with Crippen molar-refractivity contribution in [2.24, 2.45) is 0 Å². The molecule has 7 heteroatoms. The Bertz CT molecular complexity index is 828. The van der Waals surface area contributed by atoms with E-state index in [0.29, 0.717) is 42.3 Å². The fourth-order valence-electron chi connectivity index (χ4n) is 2.85. The van der Waals surface area contributed by atoms with Crippen molar-refractivity contribution in [2.75, 3.05) is 7.11 Å². The number of halogens is 1. The number of rotatable bonds is 6. The van der Waals surface area contributed by atoms with Gasteiger partial charge in [0.2, 0.25) is 5.89 Å². The molecule has 1 aliphatic rings. The average molecular weight is 390 g/mol. The lowest BCUT2D eigenvalue weighted by atomic mass is 10.1. The van der Waals surface area contributed by atoms with Crippen LogP contribution in [0.15, 0.2) is 43.9 Å². The van der Waals surface area contributed by atoms with Gasteiger partial charge in [0.25, 0.3) is 0 Å². The number of methoxy groups -OCH3 is 1. The standard InChI is InChI=1S/C17H16BrN3O3/c1-22-9-13-6-12(20-23-13)7-16-19-17(24-21-16)15-8-14(15)10-2-4-11(18)5-3-10/h2-6,14-15H,7-9H2,1H3/t14-,15+/m0/s1. The molecule has 2 heterocycles. The van der Waals surface area contributed by atoms with Crippen LogP contribution in [-0.4, -0.2) is 22.4 Å². The van der Waals surface area contributed by atoms with E-state index < -0.39 is 0 Å². The first-order chi connectivity index (χ1) is 11.7. The zero-order valence-electron chi connectivity index (χ0n) is 13.1. The normalized spacial score (nSPS) is 19.6. The molecule has 0 unspecified atom stereocenters. The first kappa shape index (κ1) is 15.5. The molecular weight excluding hydrogens is 374 g/mol.